The molecule has 9 rings (SSSR count). The minimum atomic E-state index is -3.88. The van der Waals surface area contributed by atoms with Gasteiger partial charge in [-0.15, -0.1) is 0 Å². The Labute approximate surface area is 409 Å². The number of hydrogen-bond acceptors (Lipinski definition) is 3. The summed E-state index contributed by atoms with van der Waals surface area (Å²) in [5, 5.41) is 12.6. The SMILES string of the molecule is [2H]c1c([2H])c(C(C([2H])([2H])[2H])(C([2H])([2H])[2H])C([2H])([2H])[2H])c([2H])c([2H])c1-c1ccnc(-c2cc(-c3ccccc3)cc(-c3cccc4c3nc(-c3cc(C(C([2H])([2H])[2H])(C([2H])([2H])[2H])C([2H])([2H])[2H])cc(C(C)(C)C)c3O)n4-c3ccc(-c4ccccc4)cc3)c2)c1. The highest BCUT2D eigenvalue weighted by molar-refractivity contribution is 5.98. The van der Waals surface area contributed by atoms with Gasteiger partial charge in [0.05, 0.1) is 27.8 Å². The summed E-state index contributed by atoms with van der Waals surface area (Å²) in [4.78, 5) is 9.92. The van der Waals surface area contributed by atoms with E-state index in [0.29, 0.717) is 39.0 Å². The first-order valence-corrected chi connectivity index (χ1v) is 20.5. The van der Waals surface area contributed by atoms with Crippen LogP contribution in [-0.2, 0) is 16.2 Å². The summed E-state index contributed by atoms with van der Waals surface area (Å²) in [6, 6.07) is 37.8. The lowest BCUT2D eigenvalue weighted by atomic mass is 9.79. The van der Waals surface area contributed by atoms with Gasteiger partial charge in [0, 0.05) is 53.2 Å². The van der Waals surface area contributed by atoms with Gasteiger partial charge in [-0.25, -0.2) is 4.98 Å². The minimum absolute atomic E-state index is 0.0196. The second-order valence-corrected chi connectivity index (χ2v) is 16.9. The topological polar surface area (TPSA) is 50.9 Å². The molecule has 0 aliphatic heterocycles. The maximum Gasteiger partial charge on any atom is 0.149 e. The lowest BCUT2D eigenvalue weighted by Crippen LogP contribution is -2.17. The molecule has 0 amide bonds. The fourth-order valence-electron chi connectivity index (χ4n) is 7.92. The maximum absolute atomic E-state index is 12.6. The van der Waals surface area contributed by atoms with Crippen LogP contribution in [0.4, 0.5) is 0 Å². The molecule has 7 aromatic carbocycles. The van der Waals surface area contributed by atoms with E-state index in [0.717, 1.165) is 28.8 Å². The normalized spacial score (nSPS) is 18.4. The van der Waals surface area contributed by atoms with E-state index in [9.17, 15) is 5.11 Å². The molecule has 0 unspecified atom stereocenters. The van der Waals surface area contributed by atoms with Crippen LogP contribution >= 0.6 is 0 Å². The number of rotatable bonds is 7. The van der Waals surface area contributed by atoms with E-state index in [2.05, 4.69) is 4.98 Å². The van der Waals surface area contributed by atoms with Gasteiger partial charge in [0.15, 0.2) is 0 Å². The van der Waals surface area contributed by atoms with Crippen molar-refractivity contribution in [2.24, 2.45) is 0 Å². The molecule has 0 fully saturated rings. The Kier molecular flexibility index (Phi) is 5.99. The highest BCUT2D eigenvalue weighted by atomic mass is 16.3. The summed E-state index contributed by atoms with van der Waals surface area (Å²) >= 11 is 0. The Bertz CT molecular complexity index is 3960. The fourth-order valence-corrected chi connectivity index (χ4v) is 7.92. The number of hydrogen-bond donors (Lipinski definition) is 1. The molecule has 0 atom stereocenters. The van der Waals surface area contributed by atoms with E-state index in [1.54, 1.807) is 49.6 Å². The van der Waals surface area contributed by atoms with Crippen LogP contribution in [0, 0.1) is 0 Å². The third kappa shape index (κ3) is 8.29. The number of benzene rings is 7. The third-order valence-corrected chi connectivity index (χ3v) is 11.2. The monoisotopic (exact) mass is 858 g/mol. The smallest absolute Gasteiger partial charge is 0.149 e. The van der Waals surface area contributed by atoms with Crippen LogP contribution in [0.5, 0.6) is 5.75 Å². The van der Waals surface area contributed by atoms with Gasteiger partial charge in [0.1, 0.15) is 11.6 Å². The van der Waals surface area contributed by atoms with Gasteiger partial charge in [0.2, 0.25) is 0 Å². The summed E-state index contributed by atoms with van der Waals surface area (Å²) in [6.07, 6.45) is 1.33. The predicted molar refractivity (Wildman–Crippen MR) is 269 cm³/mol. The van der Waals surface area contributed by atoms with Crippen LogP contribution in [0.1, 0.15) is 109 Å². The molecule has 0 spiro atoms. The molecule has 0 radical (unpaired) electrons. The quantitative estimate of drug-likeness (QED) is 0.174. The Morgan fingerprint density at radius 1 is 0.500 bits per heavy atom. The van der Waals surface area contributed by atoms with Crippen molar-refractivity contribution in [2.45, 2.75) is 78.1 Å². The number of aromatic nitrogens is 3. The average Bonchev–Trinajstić information content (AvgIpc) is 0.772. The second-order valence-electron chi connectivity index (χ2n) is 16.9. The molecule has 9 aromatic rings. The van der Waals surface area contributed by atoms with E-state index < -0.39 is 104 Å². The van der Waals surface area contributed by atoms with E-state index in [-0.39, 0.29) is 28.2 Å². The fraction of sp³-hybridized carbons (Fsp3) is 0.200. The van der Waals surface area contributed by atoms with Crippen LogP contribution in [-0.4, -0.2) is 19.6 Å². The summed E-state index contributed by atoms with van der Waals surface area (Å²) < 4.78 is 191. The second kappa shape index (κ2) is 16.3. The number of pyridine rings is 1. The Balaban J connectivity index is 1.33. The van der Waals surface area contributed by atoms with Crippen molar-refractivity contribution in [3.8, 4) is 78.6 Å². The standard InChI is InChI=1S/C60H57N3O/c1-58(2,3)47-27-23-42(24-28-47)43-31-32-61-53(36-43)46-34-44(40-19-14-11-15-20-40)33-45(35-46)50-21-16-22-54-55(50)62-57(51-37-48(59(4,5)6)38-52(56(51)64)60(7,8)9)63(54)49-29-25-41(26-30-49)39-17-12-10-13-18-39/h10-38,64H,1-9H3/i1D3,2D3,3D3,4D3,5D3,6D3,23D,24D,27D,28D. The number of fused-ring (bicyclic) bond motifs is 1. The van der Waals surface area contributed by atoms with E-state index in [1.807, 2.05) is 97.1 Å². The third-order valence-electron chi connectivity index (χ3n) is 11.2. The molecule has 4 nitrogen and oxygen atoms in total. The number of para-hydroxylation sites is 1. The first kappa shape index (κ1) is 23.6. The molecule has 2 aromatic heterocycles. The lowest BCUT2D eigenvalue weighted by molar-refractivity contribution is 0.446. The molecule has 0 bridgehead atoms. The number of aromatic hydroxyl groups is 1. The summed E-state index contributed by atoms with van der Waals surface area (Å²) in [6.45, 7) is -17.5. The van der Waals surface area contributed by atoms with Crippen molar-refractivity contribution in [3.05, 3.63) is 193 Å². The van der Waals surface area contributed by atoms with E-state index in [1.165, 1.54) is 18.3 Å². The lowest BCUT2D eigenvalue weighted by Gasteiger charge is -2.27. The zero-order valence-electron chi connectivity index (χ0n) is 57.2. The van der Waals surface area contributed by atoms with Gasteiger partial charge < -0.3 is 5.11 Å². The van der Waals surface area contributed by atoms with E-state index in [4.69, 9.17) is 35.1 Å². The van der Waals surface area contributed by atoms with Crippen molar-refractivity contribution in [1.29, 1.82) is 0 Å². The Hall–Kier alpha value is -7.04. The van der Waals surface area contributed by atoms with Crippen molar-refractivity contribution in [2.75, 3.05) is 0 Å². The summed E-state index contributed by atoms with van der Waals surface area (Å²) in [7, 11) is 0. The zero-order valence-corrected chi connectivity index (χ0v) is 35.2. The van der Waals surface area contributed by atoms with E-state index >= 15 is 0 Å². The van der Waals surface area contributed by atoms with Crippen LogP contribution in [0.15, 0.2) is 176 Å². The Morgan fingerprint density at radius 3 is 1.77 bits per heavy atom. The van der Waals surface area contributed by atoms with Crippen LogP contribution < -0.4 is 0 Å². The van der Waals surface area contributed by atoms with Crippen LogP contribution in [0.25, 0.3) is 83.9 Å². The molecule has 0 saturated carbocycles. The Morgan fingerprint density at radius 2 is 1.11 bits per heavy atom. The van der Waals surface area contributed by atoms with Crippen molar-refractivity contribution in [3.63, 3.8) is 0 Å². The van der Waals surface area contributed by atoms with Gasteiger partial charge in [-0.2, -0.15) is 0 Å². The molecular weight excluding hydrogens is 779 g/mol. The van der Waals surface area contributed by atoms with Crippen LogP contribution in [0.2, 0.25) is 0 Å². The first-order valence-electron chi connectivity index (χ1n) is 31.5. The number of imidazole rings is 1. The molecule has 0 saturated heterocycles. The van der Waals surface area contributed by atoms with Gasteiger partial charge in [0.25, 0.3) is 0 Å². The molecule has 318 valence electrons. The van der Waals surface area contributed by atoms with Gasteiger partial charge in [-0.05, 0) is 121 Å². The van der Waals surface area contributed by atoms with Gasteiger partial charge in [-0.1, -0.05) is 177 Å². The predicted octanol–water partition coefficient (Wildman–Crippen LogP) is 16.0. The number of phenols is 1. The molecule has 4 heteroatoms. The highest BCUT2D eigenvalue weighted by Crippen LogP contribution is 2.45. The van der Waals surface area contributed by atoms with Crippen molar-refractivity contribution >= 4 is 11.0 Å². The largest absolute Gasteiger partial charge is 0.507 e. The zero-order chi connectivity index (χ0) is 63.4. The number of phenolic OH excluding ortho intramolecular Hbond substituents is 1. The molecule has 2 heterocycles. The molecule has 64 heavy (non-hydrogen) atoms. The van der Waals surface area contributed by atoms with Crippen molar-refractivity contribution in [1.82, 2.24) is 14.5 Å². The molecule has 1 N–H and O–H groups in total. The van der Waals surface area contributed by atoms with Gasteiger partial charge in [-0.3, -0.25) is 9.55 Å². The number of nitrogens with zero attached hydrogens (tertiary/aromatic N) is 3. The summed E-state index contributed by atoms with van der Waals surface area (Å²) in [5.74, 6) is -0.438. The average molecular weight is 858 g/mol. The molecule has 0 aliphatic carbocycles. The maximum atomic E-state index is 12.6. The van der Waals surface area contributed by atoms with Crippen molar-refractivity contribution < 1.29 is 35.3 Å². The molecular formula is C60H57N3O. The van der Waals surface area contributed by atoms with Crippen LogP contribution in [0.3, 0.4) is 0 Å². The highest BCUT2D eigenvalue weighted by Gasteiger charge is 2.29. The van der Waals surface area contributed by atoms with Gasteiger partial charge >= 0.3 is 0 Å². The summed E-state index contributed by atoms with van der Waals surface area (Å²) in [5.41, 5.74) is -4.83. The minimum Gasteiger partial charge on any atom is -0.507 e. The molecule has 0 aliphatic rings. The first-order chi connectivity index (χ1) is 39.7.